The highest BCUT2D eigenvalue weighted by Crippen LogP contribution is 2.53. The summed E-state index contributed by atoms with van der Waals surface area (Å²) in [5, 5.41) is 2.97. The van der Waals surface area contributed by atoms with Gasteiger partial charge in [0.15, 0.2) is 0 Å². The number of fused-ring (bicyclic) bond motifs is 3. The highest BCUT2D eigenvalue weighted by atomic mass is 19.1. The maximum absolute atomic E-state index is 12.5. The monoisotopic (exact) mass is 347 g/mol. The van der Waals surface area contributed by atoms with E-state index < -0.39 is 6.03 Å². The average Bonchev–Trinajstić information content (AvgIpc) is 2.64. The lowest BCUT2D eigenvalue weighted by Crippen LogP contribution is -2.58. The molecule has 1 aromatic rings. The molecule has 0 aliphatic heterocycles. The number of primary amides is 1. The predicted octanol–water partition coefficient (Wildman–Crippen LogP) is 2.89. The average molecular weight is 347 g/mol. The molecule has 6 heteroatoms. The molecule has 2 bridgehead atoms. The van der Waals surface area contributed by atoms with Crippen LogP contribution in [-0.4, -0.2) is 24.7 Å². The number of amides is 2. The van der Waals surface area contributed by atoms with E-state index in [9.17, 15) is 9.18 Å². The van der Waals surface area contributed by atoms with Gasteiger partial charge in [-0.3, -0.25) is 0 Å². The first-order chi connectivity index (χ1) is 12.0. The highest BCUT2D eigenvalue weighted by molar-refractivity contribution is 5.72. The van der Waals surface area contributed by atoms with E-state index in [1.165, 1.54) is 5.56 Å². The normalized spacial score (nSPS) is 28.6. The summed E-state index contributed by atoms with van der Waals surface area (Å²) in [4.78, 5) is 11.3. The Morgan fingerprint density at radius 2 is 1.76 bits per heavy atom. The molecular formula is C19H26FN3O2. The first kappa shape index (κ1) is 17.7. The highest BCUT2D eigenvalue weighted by Gasteiger charge is 2.49. The molecule has 5 nitrogen and oxygen atoms in total. The largest absolute Gasteiger partial charge is 0.489 e. The molecule has 5 N–H and O–H groups in total. The molecule has 3 aliphatic rings. The van der Waals surface area contributed by atoms with Gasteiger partial charge in [-0.15, -0.1) is 0 Å². The summed E-state index contributed by atoms with van der Waals surface area (Å²) >= 11 is 0. The second kappa shape index (κ2) is 7.04. The molecule has 136 valence electrons. The molecule has 0 unspecified atom stereocenters. The van der Waals surface area contributed by atoms with Gasteiger partial charge in [0.2, 0.25) is 0 Å². The van der Waals surface area contributed by atoms with Crippen LogP contribution in [0.1, 0.15) is 44.1 Å². The summed E-state index contributed by atoms with van der Waals surface area (Å²) in [5.74, 6) is 0.712. The van der Waals surface area contributed by atoms with Gasteiger partial charge in [-0.25, -0.2) is 9.18 Å². The van der Waals surface area contributed by atoms with Crippen molar-refractivity contribution in [1.29, 1.82) is 0 Å². The van der Waals surface area contributed by atoms with Gasteiger partial charge in [0.25, 0.3) is 0 Å². The van der Waals surface area contributed by atoms with E-state index in [4.69, 9.17) is 16.2 Å². The first-order valence-corrected chi connectivity index (χ1v) is 8.80. The summed E-state index contributed by atoms with van der Waals surface area (Å²) in [6, 6.07) is 7.67. The van der Waals surface area contributed by atoms with Crippen LogP contribution in [0.15, 0.2) is 36.2 Å². The molecule has 2 amide bonds. The smallest absolute Gasteiger partial charge is 0.312 e. The van der Waals surface area contributed by atoms with Crippen molar-refractivity contribution in [2.75, 3.05) is 13.2 Å². The Labute approximate surface area is 147 Å². The van der Waals surface area contributed by atoms with Crippen LogP contribution in [0.25, 0.3) is 0 Å². The van der Waals surface area contributed by atoms with E-state index in [0.717, 1.165) is 38.5 Å². The van der Waals surface area contributed by atoms with E-state index in [2.05, 4.69) is 17.4 Å². The molecule has 0 saturated heterocycles. The van der Waals surface area contributed by atoms with Gasteiger partial charge >= 0.3 is 6.03 Å². The van der Waals surface area contributed by atoms with Gasteiger partial charge in [0.05, 0.1) is 6.33 Å². The van der Waals surface area contributed by atoms with Crippen molar-refractivity contribution in [3.05, 3.63) is 41.7 Å². The molecule has 0 radical (unpaired) electrons. The lowest BCUT2D eigenvalue weighted by Gasteiger charge is -2.53. The maximum Gasteiger partial charge on any atom is 0.312 e. The zero-order valence-corrected chi connectivity index (χ0v) is 14.4. The third kappa shape index (κ3) is 3.63. The van der Waals surface area contributed by atoms with Crippen molar-refractivity contribution in [2.45, 2.75) is 49.5 Å². The summed E-state index contributed by atoms with van der Waals surface area (Å²) < 4.78 is 18.1. The molecule has 3 saturated carbocycles. The van der Waals surface area contributed by atoms with E-state index >= 15 is 0 Å². The van der Waals surface area contributed by atoms with Crippen LogP contribution >= 0.6 is 0 Å². The van der Waals surface area contributed by atoms with E-state index in [0.29, 0.717) is 17.7 Å². The van der Waals surface area contributed by atoms with Crippen LogP contribution in [0.3, 0.4) is 0 Å². The SMILES string of the molecule is NC/C(=C\F)COc1ccc(C23CCC(NC(N)=O)(CC2)CC3)cc1. The molecule has 0 heterocycles. The van der Waals surface area contributed by atoms with E-state index in [1.807, 2.05) is 12.1 Å². The van der Waals surface area contributed by atoms with Crippen molar-refractivity contribution >= 4 is 6.03 Å². The number of ether oxygens (including phenoxy) is 1. The number of nitrogens with two attached hydrogens (primary N) is 2. The van der Waals surface area contributed by atoms with Gasteiger partial charge in [-0.05, 0) is 61.6 Å². The summed E-state index contributed by atoms with van der Waals surface area (Å²) in [7, 11) is 0. The van der Waals surface area contributed by atoms with Crippen LogP contribution in [0.5, 0.6) is 5.75 Å². The first-order valence-electron chi connectivity index (χ1n) is 8.80. The van der Waals surface area contributed by atoms with Crippen molar-refractivity contribution < 1.29 is 13.9 Å². The fourth-order valence-electron chi connectivity index (χ4n) is 4.28. The topological polar surface area (TPSA) is 90.4 Å². The summed E-state index contributed by atoms with van der Waals surface area (Å²) in [6.07, 6.45) is 6.56. The lowest BCUT2D eigenvalue weighted by molar-refractivity contribution is 0.0848. The number of rotatable bonds is 6. The Kier molecular flexibility index (Phi) is 4.99. The Morgan fingerprint density at radius 3 is 2.24 bits per heavy atom. The fourth-order valence-corrected chi connectivity index (χ4v) is 4.28. The maximum atomic E-state index is 12.5. The molecule has 0 spiro atoms. The number of urea groups is 1. The second-order valence-corrected chi connectivity index (χ2v) is 7.33. The molecular weight excluding hydrogens is 321 g/mol. The zero-order chi connectivity index (χ0) is 17.9. The van der Waals surface area contributed by atoms with Crippen LogP contribution in [0.2, 0.25) is 0 Å². The van der Waals surface area contributed by atoms with E-state index in [-0.39, 0.29) is 24.1 Å². The van der Waals surface area contributed by atoms with Crippen molar-refractivity contribution in [3.8, 4) is 5.75 Å². The van der Waals surface area contributed by atoms with Gasteiger partial charge in [-0.1, -0.05) is 12.1 Å². The fraction of sp³-hybridized carbons (Fsp3) is 0.526. The van der Waals surface area contributed by atoms with Gasteiger partial charge in [0, 0.05) is 17.7 Å². The number of hydrogen-bond acceptors (Lipinski definition) is 3. The number of benzene rings is 1. The molecule has 0 atom stereocenters. The Morgan fingerprint density at radius 1 is 1.16 bits per heavy atom. The van der Waals surface area contributed by atoms with Crippen molar-refractivity contribution in [1.82, 2.24) is 5.32 Å². The number of nitrogens with one attached hydrogen (secondary N) is 1. The summed E-state index contributed by atoms with van der Waals surface area (Å²) in [5.41, 5.74) is 12.6. The lowest BCUT2D eigenvalue weighted by atomic mass is 9.55. The molecule has 3 aliphatic carbocycles. The van der Waals surface area contributed by atoms with Crippen LogP contribution in [0, 0.1) is 0 Å². The minimum absolute atomic E-state index is 0.103. The number of carbonyl (C=O) groups is 1. The Balaban J connectivity index is 1.65. The van der Waals surface area contributed by atoms with Gasteiger partial charge in [0.1, 0.15) is 12.4 Å². The minimum atomic E-state index is -0.421. The third-order valence-corrected chi connectivity index (χ3v) is 5.94. The Bertz CT molecular complexity index is 633. The number of carbonyl (C=O) groups excluding carboxylic acids is 1. The molecule has 3 fully saturated rings. The number of halogens is 1. The molecule has 0 aromatic heterocycles. The van der Waals surface area contributed by atoms with E-state index in [1.54, 1.807) is 0 Å². The van der Waals surface area contributed by atoms with Gasteiger partial charge in [-0.2, -0.15) is 0 Å². The predicted molar refractivity (Wildman–Crippen MR) is 95.0 cm³/mol. The summed E-state index contributed by atoms with van der Waals surface area (Å²) in [6.45, 7) is 0.317. The van der Waals surface area contributed by atoms with Gasteiger partial charge < -0.3 is 21.5 Å². The quantitative estimate of drug-likeness (QED) is 0.739. The minimum Gasteiger partial charge on any atom is -0.489 e. The van der Waals surface area contributed by atoms with Crippen LogP contribution in [0.4, 0.5) is 9.18 Å². The second-order valence-electron chi connectivity index (χ2n) is 7.33. The van der Waals surface area contributed by atoms with Crippen LogP contribution < -0.4 is 21.5 Å². The third-order valence-electron chi connectivity index (χ3n) is 5.94. The zero-order valence-electron chi connectivity index (χ0n) is 14.4. The molecule has 25 heavy (non-hydrogen) atoms. The van der Waals surface area contributed by atoms with Crippen LogP contribution in [-0.2, 0) is 5.41 Å². The molecule has 4 rings (SSSR count). The van der Waals surface area contributed by atoms with Crippen molar-refractivity contribution in [2.24, 2.45) is 11.5 Å². The Hall–Kier alpha value is -2.08. The standard InChI is InChI=1S/C19H26FN3O2/c20-11-14(12-21)13-25-16-3-1-15(2-4-16)18-5-8-19(9-6-18,10-7-18)23-17(22)24/h1-4,11H,5-10,12-13,21H2,(H3,22,23,24)/b14-11+. The molecule has 1 aromatic carbocycles. The number of hydrogen-bond donors (Lipinski definition) is 3. The van der Waals surface area contributed by atoms with Crippen molar-refractivity contribution in [3.63, 3.8) is 0 Å².